The van der Waals surface area contributed by atoms with Crippen LogP contribution in [-0.2, 0) is 35.1 Å². The molecule has 1 heterocycles. The van der Waals surface area contributed by atoms with Crippen molar-refractivity contribution in [3.8, 4) is 0 Å². The molecule has 0 bridgehead atoms. The first kappa shape index (κ1) is 31.7. The Morgan fingerprint density at radius 2 is 1.64 bits per heavy atom. The zero-order valence-electron chi connectivity index (χ0n) is 24.5. The number of nitrogens with one attached hydrogen (secondary N) is 2. The molecule has 3 aromatic carbocycles. The SMILES string of the molecule is COC(=O)Cc1cccc(NC(=O)NCC(=O)N2C(C(=O)N(C)c3ccccc3)CC(C(=O)OC)C2c2ccccc2F)c1. The number of urea groups is 1. The van der Waals surface area contributed by atoms with Crippen LogP contribution >= 0.6 is 0 Å². The lowest BCUT2D eigenvalue weighted by Crippen LogP contribution is -2.50. The summed E-state index contributed by atoms with van der Waals surface area (Å²) in [6, 6.07) is 17.9. The highest BCUT2D eigenvalue weighted by Gasteiger charge is 2.52. The zero-order chi connectivity index (χ0) is 31.8. The van der Waals surface area contributed by atoms with Crippen molar-refractivity contribution in [1.29, 1.82) is 0 Å². The fraction of sp³-hybridized carbons (Fsp3) is 0.281. The molecule has 1 aliphatic rings. The molecule has 0 saturated carbocycles. The Kier molecular flexibility index (Phi) is 10.3. The topological polar surface area (TPSA) is 134 Å². The Bertz CT molecular complexity index is 1530. The fourth-order valence-electron chi connectivity index (χ4n) is 5.30. The van der Waals surface area contributed by atoms with Gasteiger partial charge in [-0.1, -0.05) is 48.5 Å². The first-order chi connectivity index (χ1) is 21.1. The molecule has 0 aromatic heterocycles. The van der Waals surface area contributed by atoms with Crippen molar-refractivity contribution in [3.63, 3.8) is 0 Å². The quantitative estimate of drug-likeness (QED) is 0.358. The van der Waals surface area contributed by atoms with E-state index in [0.29, 0.717) is 16.9 Å². The summed E-state index contributed by atoms with van der Waals surface area (Å²) in [6.45, 7) is -0.564. The second kappa shape index (κ2) is 14.3. The van der Waals surface area contributed by atoms with Gasteiger partial charge in [-0.05, 0) is 42.3 Å². The Morgan fingerprint density at radius 1 is 0.932 bits per heavy atom. The summed E-state index contributed by atoms with van der Waals surface area (Å²) >= 11 is 0. The van der Waals surface area contributed by atoms with Gasteiger partial charge in [0.25, 0.3) is 0 Å². The number of carbonyl (C=O) groups is 5. The number of rotatable bonds is 9. The molecule has 230 valence electrons. The van der Waals surface area contributed by atoms with Crippen LogP contribution in [0.4, 0.5) is 20.6 Å². The average molecular weight is 605 g/mol. The van der Waals surface area contributed by atoms with Crippen molar-refractivity contribution in [2.24, 2.45) is 5.92 Å². The molecule has 0 spiro atoms. The Morgan fingerprint density at radius 3 is 2.32 bits per heavy atom. The number of halogens is 1. The van der Waals surface area contributed by atoms with Gasteiger partial charge < -0.3 is 29.9 Å². The molecular formula is C32H33FN4O7. The second-order valence-corrected chi connectivity index (χ2v) is 10.1. The first-order valence-corrected chi connectivity index (χ1v) is 13.8. The molecule has 4 rings (SSSR count). The third-order valence-electron chi connectivity index (χ3n) is 7.43. The van der Waals surface area contributed by atoms with Crippen LogP contribution in [0.25, 0.3) is 0 Å². The van der Waals surface area contributed by atoms with Crippen LogP contribution in [0.3, 0.4) is 0 Å². The molecule has 12 heteroatoms. The largest absolute Gasteiger partial charge is 0.469 e. The van der Waals surface area contributed by atoms with Gasteiger partial charge in [-0.2, -0.15) is 0 Å². The van der Waals surface area contributed by atoms with Crippen LogP contribution in [0.1, 0.15) is 23.6 Å². The number of para-hydroxylation sites is 1. The Labute approximate surface area is 253 Å². The summed E-state index contributed by atoms with van der Waals surface area (Å²) in [4.78, 5) is 67.5. The fourth-order valence-corrected chi connectivity index (χ4v) is 5.30. The Hall–Kier alpha value is -5.26. The highest BCUT2D eigenvalue weighted by molar-refractivity contribution is 6.01. The molecule has 44 heavy (non-hydrogen) atoms. The number of esters is 2. The van der Waals surface area contributed by atoms with E-state index in [2.05, 4.69) is 15.4 Å². The van der Waals surface area contributed by atoms with Gasteiger partial charge in [-0.15, -0.1) is 0 Å². The van der Waals surface area contributed by atoms with E-state index in [9.17, 15) is 24.0 Å². The van der Waals surface area contributed by atoms with E-state index in [-0.39, 0.29) is 18.4 Å². The molecular weight excluding hydrogens is 571 g/mol. The molecule has 1 aliphatic heterocycles. The minimum absolute atomic E-state index is 0.00667. The maximum absolute atomic E-state index is 15.2. The summed E-state index contributed by atoms with van der Waals surface area (Å²) in [7, 11) is 4.01. The number of benzene rings is 3. The predicted octanol–water partition coefficient (Wildman–Crippen LogP) is 3.46. The van der Waals surface area contributed by atoms with E-state index >= 15 is 4.39 Å². The van der Waals surface area contributed by atoms with E-state index < -0.39 is 60.1 Å². The lowest BCUT2D eigenvalue weighted by Gasteiger charge is -2.33. The van der Waals surface area contributed by atoms with Crippen molar-refractivity contribution in [2.75, 3.05) is 38.0 Å². The van der Waals surface area contributed by atoms with Gasteiger partial charge in [-0.25, -0.2) is 9.18 Å². The molecule has 4 amide bonds. The van der Waals surface area contributed by atoms with Crippen LogP contribution in [-0.4, -0.2) is 68.5 Å². The average Bonchev–Trinajstić information content (AvgIpc) is 3.43. The molecule has 3 unspecified atom stereocenters. The van der Waals surface area contributed by atoms with Crippen LogP contribution in [0, 0.1) is 11.7 Å². The highest BCUT2D eigenvalue weighted by Crippen LogP contribution is 2.43. The first-order valence-electron chi connectivity index (χ1n) is 13.8. The Balaban J connectivity index is 1.60. The molecule has 2 N–H and O–H groups in total. The van der Waals surface area contributed by atoms with Gasteiger partial charge in [0.2, 0.25) is 11.8 Å². The van der Waals surface area contributed by atoms with E-state index in [4.69, 9.17) is 4.74 Å². The summed E-state index contributed by atoms with van der Waals surface area (Å²) in [5, 5.41) is 5.08. The minimum Gasteiger partial charge on any atom is -0.469 e. The van der Waals surface area contributed by atoms with Crippen molar-refractivity contribution in [1.82, 2.24) is 10.2 Å². The van der Waals surface area contributed by atoms with Crippen molar-refractivity contribution in [2.45, 2.75) is 24.9 Å². The van der Waals surface area contributed by atoms with Crippen molar-refractivity contribution in [3.05, 3.63) is 95.8 Å². The smallest absolute Gasteiger partial charge is 0.319 e. The van der Waals surface area contributed by atoms with Gasteiger partial charge in [0, 0.05) is 24.0 Å². The lowest BCUT2D eigenvalue weighted by atomic mass is 9.92. The van der Waals surface area contributed by atoms with E-state index in [0.717, 1.165) is 0 Å². The standard InChI is InChI=1S/C32H33FN4O7/c1-36(22-12-5-4-6-13-22)30(40)26-18-24(31(41)44-3)29(23-14-7-8-15-25(23)33)37(26)27(38)19-34-32(42)35-21-11-9-10-20(16-21)17-28(39)43-2/h4-16,24,26,29H,17-19H2,1-3H3,(H2,34,35,42). The number of methoxy groups -OCH3 is 2. The number of likely N-dealkylation sites (tertiary alicyclic amines) is 1. The van der Waals surface area contributed by atoms with Gasteiger partial charge in [0.1, 0.15) is 11.9 Å². The molecule has 3 atom stereocenters. The van der Waals surface area contributed by atoms with Crippen LogP contribution in [0.15, 0.2) is 78.9 Å². The van der Waals surface area contributed by atoms with Gasteiger partial charge >= 0.3 is 18.0 Å². The number of anilines is 2. The molecule has 0 radical (unpaired) electrons. The van der Waals surface area contributed by atoms with Crippen LogP contribution in [0.2, 0.25) is 0 Å². The van der Waals surface area contributed by atoms with Gasteiger partial charge in [-0.3, -0.25) is 19.2 Å². The molecule has 0 aliphatic carbocycles. The summed E-state index contributed by atoms with van der Waals surface area (Å²) < 4.78 is 24.8. The number of amides is 4. The summed E-state index contributed by atoms with van der Waals surface area (Å²) in [5.41, 5.74) is 1.57. The second-order valence-electron chi connectivity index (χ2n) is 10.1. The van der Waals surface area contributed by atoms with Crippen molar-refractivity contribution < 1.29 is 37.8 Å². The van der Waals surface area contributed by atoms with Gasteiger partial charge in [0.15, 0.2) is 0 Å². The molecule has 1 saturated heterocycles. The lowest BCUT2D eigenvalue weighted by molar-refractivity contribution is -0.147. The number of carbonyl (C=O) groups excluding carboxylic acids is 5. The zero-order valence-corrected chi connectivity index (χ0v) is 24.5. The molecule has 3 aromatic rings. The number of ether oxygens (including phenoxy) is 2. The monoisotopic (exact) mass is 604 g/mol. The molecule has 11 nitrogen and oxygen atoms in total. The van der Waals surface area contributed by atoms with E-state index in [1.165, 1.54) is 42.2 Å². The van der Waals surface area contributed by atoms with E-state index in [1.807, 2.05) is 0 Å². The number of nitrogens with zero attached hydrogens (tertiary/aromatic N) is 2. The maximum Gasteiger partial charge on any atom is 0.319 e. The normalized spacial score (nSPS) is 17.4. The summed E-state index contributed by atoms with van der Waals surface area (Å²) in [6.07, 6.45) is -0.112. The predicted molar refractivity (Wildman–Crippen MR) is 159 cm³/mol. The third kappa shape index (κ3) is 7.20. The number of hydrogen-bond donors (Lipinski definition) is 2. The van der Waals surface area contributed by atoms with Crippen LogP contribution in [0.5, 0.6) is 0 Å². The van der Waals surface area contributed by atoms with Crippen LogP contribution < -0.4 is 15.5 Å². The number of likely N-dealkylation sites (N-methyl/N-ethyl adjacent to an activating group) is 1. The maximum atomic E-state index is 15.2. The minimum atomic E-state index is -1.17. The highest BCUT2D eigenvalue weighted by atomic mass is 19.1. The van der Waals surface area contributed by atoms with Gasteiger partial charge in [0.05, 0.1) is 39.1 Å². The van der Waals surface area contributed by atoms with E-state index in [1.54, 1.807) is 67.7 Å². The third-order valence-corrected chi connectivity index (χ3v) is 7.43. The summed E-state index contributed by atoms with van der Waals surface area (Å²) in [5.74, 6) is -4.06. The molecule has 1 fully saturated rings. The number of hydrogen-bond acceptors (Lipinski definition) is 7. The van der Waals surface area contributed by atoms with Crippen molar-refractivity contribution >= 4 is 41.2 Å².